The standard InChI is InChI=1S/C24H20Cl2N6O3S/c1-13(21-14(2)31-32(24(21)35)16-6-7-17(25)18(26)11-16)29-30-23(34)20-9-8-19(36-20)22(33)28-12-15-5-3-4-10-27-15/h3-11,31H,12H2,1-2H3,(H,28,33)(H,30,34)/b29-13+. The van der Waals surface area contributed by atoms with E-state index in [0.717, 1.165) is 17.0 Å². The van der Waals surface area contributed by atoms with Crippen molar-refractivity contribution in [1.29, 1.82) is 0 Å². The molecule has 3 N–H and O–H groups in total. The summed E-state index contributed by atoms with van der Waals surface area (Å²) < 4.78 is 1.32. The number of hydrogen-bond acceptors (Lipinski definition) is 6. The van der Waals surface area contributed by atoms with Crippen molar-refractivity contribution in [3.8, 4) is 5.69 Å². The van der Waals surface area contributed by atoms with E-state index in [-0.39, 0.29) is 18.0 Å². The van der Waals surface area contributed by atoms with Gasteiger partial charge in [0.1, 0.15) is 0 Å². The molecule has 0 spiro atoms. The lowest BCUT2D eigenvalue weighted by molar-refractivity contribution is 0.0949. The Morgan fingerprint density at radius 3 is 2.53 bits per heavy atom. The van der Waals surface area contributed by atoms with Gasteiger partial charge in [-0.2, -0.15) is 5.10 Å². The largest absolute Gasteiger partial charge is 0.346 e. The predicted molar refractivity (Wildman–Crippen MR) is 141 cm³/mol. The van der Waals surface area contributed by atoms with Gasteiger partial charge in [0.05, 0.1) is 49.0 Å². The van der Waals surface area contributed by atoms with Crippen molar-refractivity contribution >= 4 is 52.1 Å². The number of thiophene rings is 1. The van der Waals surface area contributed by atoms with Crippen molar-refractivity contribution < 1.29 is 9.59 Å². The summed E-state index contributed by atoms with van der Waals surface area (Å²) in [6.45, 7) is 3.61. The van der Waals surface area contributed by atoms with Crippen molar-refractivity contribution in [2.24, 2.45) is 5.10 Å². The van der Waals surface area contributed by atoms with Gasteiger partial charge >= 0.3 is 0 Å². The van der Waals surface area contributed by atoms with Gasteiger partial charge in [-0.25, -0.2) is 10.1 Å². The van der Waals surface area contributed by atoms with Crippen molar-refractivity contribution in [2.45, 2.75) is 20.4 Å². The molecule has 0 radical (unpaired) electrons. The first-order chi connectivity index (χ1) is 17.2. The van der Waals surface area contributed by atoms with Crippen LogP contribution in [0.5, 0.6) is 0 Å². The molecule has 0 aliphatic rings. The molecule has 2 amide bonds. The first kappa shape index (κ1) is 25.4. The molecule has 0 saturated carbocycles. The molecule has 0 unspecified atom stereocenters. The number of halogens is 2. The number of aromatic amines is 1. The Morgan fingerprint density at radius 2 is 1.83 bits per heavy atom. The number of rotatable bonds is 7. The SMILES string of the molecule is C/C(=N\NC(=O)c1ccc(C(=O)NCc2ccccn2)s1)c1c(C)[nH]n(-c2ccc(Cl)c(Cl)c2)c1=O. The third-order valence-corrected chi connectivity index (χ3v) is 6.95. The number of pyridine rings is 1. The van der Waals surface area contributed by atoms with Gasteiger partial charge in [-0.15, -0.1) is 11.3 Å². The lowest BCUT2D eigenvalue weighted by Gasteiger charge is -2.03. The minimum Gasteiger partial charge on any atom is -0.346 e. The first-order valence-corrected chi connectivity index (χ1v) is 12.2. The Bertz CT molecular complexity index is 1520. The summed E-state index contributed by atoms with van der Waals surface area (Å²) in [5.41, 5.74) is 4.50. The summed E-state index contributed by atoms with van der Waals surface area (Å²) in [6, 6.07) is 13.4. The maximum Gasteiger partial charge on any atom is 0.281 e. The fraction of sp³-hybridized carbons (Fsp3) is 0.125. The lowest BCUT2D eigenvalue weighted by atomic mass is 10.2. The van der Waals surface area contributed by atoms with Gasteiger partial charge in [0.15, 0.2) is 0 Å². The van der Waals surface area contributed by atoms with E-state index in [2.05, 4.69) is 25.9 Å². The number of hydrogen-bond donors (Lipinski definition) is 3. The van der Waals surface area contributed by atoms with Gasteiger partial charge in [-0.3, -0.25) is 24.5 Å². The highest BCUT2D eigenvalue weighted by molar-refractivity contribution is 7.15. The number of benzene rings is 1. The number of H-pyrrole nitrogens is 1. The van der Waals surface area contributed by atoms with Crippen LogP contribution in [-0.2, 0) is 6.54 Å². The fourth-order valence-electron chi connectivity index (χ4n) is 3.37. The summed E-state index contributed by atoms with van der Waals surface area (Å²) in [4.78, 5) is 42.8. The van der Waals surface area contributed by atoms with E-state index in [1.54, 1.807) is 62.5 Å². The van der Waals surface area contributed by atoms with Gasteiger partial charge in [0.25, 0.3) is 17.4 Å². The Labute approximate surface area is 219 Å². The van der Waals surface area contributed by atoms with E-state index >= 15 is 0 Å². The number of nitrogens with zero attached hydrogens (tertiary/aromatic N) is 3. The zero-order valence-electron chi connectivity index (χ0n) is 19.1. The van der Waals surface area contributed by atoms with E-state index in [9.17, 15) is 14.4 Å². The third-order valence-electron chi connectivity index (χ3n) is 5.13. The molecule has 0 fully saturated rings. The maximum atomic E-state index is 13.0. The zero-order chi connectivity index (χ0) is 25.8. The van der Waals surface area contributed by atoms with Gasteiger partial charge < -0.3 is 5.32 Å². The lowest BCUT2D eigenvalue weighted by Crippen LogP contribution is -2.23. The Kier molecular flexibility index (Phi) is 7.68. The summed E-state index contributed by atoms with van der Waals surface area (Å²) in [5.74, 6) is -0.809. The number of amides is 2. The van der Waals surface area contributed by atoms with E-state index in [1.165, 1.54) is 4.68 Å². The van der Waals surface area contributed by atoms with Crippen LogP contribution in [0.2, 0.25) is 10.0 Å². The molecular formula is C24H20Cl2N6O3S. The van der Waals surface area contributed by atoms with Crippen LogP contribution in [0.4, 0.5) is 0 Å². The highest BCUT2D eigenvalue weighted by Gasteiger charge is 2.17. The Hall–Kier alpha value is -3.73. The smallest absolute Gasteiger partial charge is 0.281 e. The van der Waals surface area contributed by atoms with Gasteiger partial charge in [-0.05, 0) is 56.3 Å². The summed E-state index contributed by atoms with van der Waals surface area (Å²) in [5, 5.41) is 10.5. The maximum absolute atomic E-state index is 13.0. The Balaban J connectivity index is 1.44. The molecule has 9 nitrogen and oxygen atoms in total. The molecule has 12 heteroatoms. The normalized spacial score (nSPS) is 11.4. The second-order valence-corrected chi connectivity index (χ2v) is 9.55. The second kappa shape index (κ2) is 10.9. The summed E-state index contributed by atoms with van der Waals surface area (Å²) in [6.07, 6.45) is 1.65. The van der Waals surface area contributed by atoms with Crippen LogP contribution >= 0.6 is 34.5 Å². The van der Waals surface area contributed by atoms with E-state index in [4.69, 9.17) is 23.2 Å². The van der Waals surface area contributed by atoms with Crippen LogP contribution in [0.25, 0.3) is 5.69 Å². The number of aromatic nitrogens is 3. The average molecular weight is 543 g/mol. The Morgan fingerprint density at radius 1 is 1.08 bits per heavy atom. The van der Waals surface area contributed by atoms with E-state index < -0.39 is 5.91 Å². The minimum atomic E-state index is -0.499. The molecule has 0 aliphatic carbocycles. The predicted octanol–water partition coefficient (Wildman–Crippen LogP) is 4.32. The zero-order valence-corrected chi connectivity index (χ0v) is 21.5. The average Bonchev–Trinajstić information content (AvgIpc) is 3.48. The van der Waals surface area contributed by atoms with Gasteiger partial charge in [0.2, 0.25) is 0 Å². The molecule has 184 valence electrons. The van der Waals surface area contributed by atoms with E-state index in [0.29, 0.717) is 42.5 Å². The van der Waals surface area contributed by atoms with Gasteiger partial charge in [0, 0.05) is 11.9 Å². The van der Waals surface area contributed by atoms with Crippen LogP contribution in [0, 0.1) is 6.92 Å². The van der Waals surface area contributed by atoms with Crippen LogP contribution in [-0.4, -0.2) is 32.3 Å². The quantitative estimate of drug-likeness (QED) is 0.238. The van der Waals surface area contributed by atoms with Crippen molar-refractivity contribution in [3.05, 3.63) is 102 Å². The minimum absolute atomic E-state index is 0.276. The van der Waals surface area contributed by atoms with Crippen LogP contribution < -0.4 is 16.3 Å². The summed E-state index contributed by atoms with van der Waals surface area (Å²) in [7, 11) is 0. The highest BCUT2D eigenvalue weighted by atomic mass is 35.5. The fourth-order valence-corrected chi connectivity index (χ4v) is 4.47. The van der Waals surface area contributed by atoms with Gasteiger partial charge in [-0.1, -0.05) is 29.3 Å². The molecule has 0 aliphatic heterocycles. The monoisotopic (exact) mass is 542 g/mol. The molecule has 4 aromatic rings. The molecule has 0 saturated heterocycles. The number of aryl methyl sites for hydroxylation is 1. The van der Waals surface area contributed by atoms with Crippen molar-refractivity contribution in [2.75, 3.05) is 0 Å². The van der Waals surface area contributed by atoms with Crippen LogP contribution in [0.3, 0.4) is 0 Å². The third kappa shape index (κ3) is 5.56. The number of nitrogens with one attached hydrogen (secondary N) is 3. The molecule has 3 heterocycles. The molecule has 0 atom stereocenters. The van der Waals surface area contributed by atoms with Crippen LogP contribution in [0.15, 0.2) is 64.6 Å². The topological polar surface area (TPSA) is 121 Å². The van der Waals surface area contributed by atoms with E-state index in [1.807, 2.05) is 6.07 Å². The number of hydrazone groups is 1. The first-order valence-electron chi connectivity index (χ1n) is 10.6. The van der Waals surface area contributed by atoms with Crippen molar-refractivity contribution in [3.63, 3.8) is 0 Å². The van der Waals surface area contributed by atoms with Crippen molar-refractivity contribution in [1.82, 2.24) is 25.5 Å². The summed E-state index contributed by atoms with van der Waals surface area (Å²) >= 11 is 13.1. The molecule has 0 bridgehead atoms. The molecule has 4 rings (SSSR count). The number of carbonyl (C=O) groups is 2. The molecule has 3 aromatic heterocycles. The second-order valence-electron chi connectivity index (χ2n) is 7.66. The molecule has 1 aromatic carbocycles. The number of carbonyl (C=O) groups excluding carboxylic acids is 2. The molecule has 36 heavy (non-hydrogen) atoms. The molecular weight excluding hydrogens is 523 g/mol. The van der Waals surface area contributed by atoms with Crippen LogP contribution in [0.1, 0.15) is 43.2 Å². The highest BCUT2D eigenvalue weighted by Crippen LogP contribution is 2.24.